The van der Waals surface area contributed by atoms with Crippen LogP contribution in [0, 0.1) is 0 Å². The number of piperazine rings is 1. The number of anilines is 4. The lowest BCUT2D eigenvalue weighted by Gasteiger charge is -2.36. The van der Waals surface area contributed by atoms with Gasteiger partial charge < -0.3 is 26.2 Å². The highest BCUT2D eigenvalue weighted by atomic mass is 35.5. The molecule has 0 spiro atoms. The number of benzene rings is 3. The molecule has 1 saturated heterocycles. The number of halogens is 4. The van der Waals surface area contributed by atoms with Crippen LogP contribution in [0.15, 0.2) is 66.7 Å². The summed E-state index contributed by atoms with van der Waals surface area (Å²) >= 11 is 5.61. The van der Waals surface area contributed by atoms with Gasteiger partial charge in [-0.1, -0.05) is 23.7 Å². The first-order chi connectivity index (χ1) is 17.1. The third-order valence-electron chi connectivity index (χ3n) is 5.78. The van der Waals surface area contributed by atoms with Crippen molar-refractivity contribution in [3.8, 4) is 0 Å². The highest BCUT2D eigenvalue weighted by molar-refractivity contribution is 6.31. The summed E-state index contributed by atoms with van der Waals surface area (Å²) in [6.45, 7) is 2.33. The van der Waals surface area contributed by atoms with Crippen molar-refractivity contribution in [2.75, 3.05) is 47.4 Å². The van der Waals surface area contributed by atoms with Gasteiger partial charge in [-0.25, -0.2) is 4.79 Å². The molecule has 188 valence electrons. The molecule has 4 rings (SSSR count). The maximum absolute atomic E-state index is 13.0. The molecule has 0 atom stereocenters. The van der Waals surface area contributed by atoms with E-state index in [2.05, 4.69) is 15.5 Å². The third-order valence-corrected chi connectivity index (χ3v) is 6.11. The average Bonchev–Trinajstić information content (AvgIpc) is 2.85. The smallest absolute Gasteiger partial charge is 0.398 e. The molecule has 3 aromatic carbocycles. The van der Waals surface area contributed by atoms with Crippen LogP contribution >= 0.6 is 11.6 Å². The molecule has 4 N–H and O–H groups in total. The molecule has 7 nitrogen and oxygen atoms in total. The number of alkyl halides is 3. The summed E-state index contributed by atoms with van der Waals surface area (Å²) in [6.07, 6.45) is -4.63. The van der Waals surface area contributed by atoms with Crippen LogP contribution in [0.2, 0.25) is 5.02 Å². The maximum Gasteiger partial charge on any atom is 0.417 e. The van der Waals surface area contributed by atoms with Gasteiger partial charge in [0.2, 0.25) is 0 Å². The van der Waals surface area contributed by atoms with Crippen molar-refractivity contribution < 1.29 is 22.8 Å². The summed E-state index contributed by atoms with van der Waals surface area (Å²) in [6, 6.07) is 16.5. The number of hydrogen-bond acceptors (Lipinski definition) is 4. The monoisotopic (exact) mass is 517 g/mol. The fourth-order valence-corrected chi connectivity index (χ4v) is 4.12. The van der Waals surface area contributed by atoms with Crippen LogP contribution in [0.3, 0.4) is 0 Å². The zero-order valence-electron chi connectivity index (χ0n) is 19.0. The summed E-state index contributed by atoms with van der Waals surface area (Å²) < 4.78 is 39.1. The quantitative estimate of drug-likeness (QED) is 0.396. The second kappa shape index (κ2) is 10.4. The number of carbonyl (C=O) groups is 2. The van der Waals surface area contributed by atoms with E-state index in [1.807, 2.05) is 12.1 Å². The van der Waals surface area contributed by atoms with Gasteiger partial charge in [0.25, 0.3) is 5.91 Å². The molecule has 1 aliphatic heterocycles. The van der Waals surface area contributed by atoms with Crippen molar-refractivity contribution in [2.24, 2.45) is 0 Å². The Morgan fingerprint density at radius 3 is 2.11 bits per heavy atom. The number of urea groups is 1. The number of hydrogen-bond donors (Lipinski definition) is 3. The van der Waals surface area contributed by atoms with Crippen LogP contribution in [-0.4, -0.2) is 43.0 Å². The van der Waals surface area contributed by atoms with E-state index >= 15 is 0 Å². The van der Waals surface area contributed by atoms with Crippen LogP contribution in [0.25, 0.3) is 0 Å². The number of nitrogens with two attached hydrogens (primary N) is 1. The summed E-state index contributed by atoms with van der Waals surface area (Å²) in [5.41, 5.74) is 7.19. The maximum atomic E-state index is 13.0. The van der Waals surface area contributed by atoms with E-state index in [0.29, 0.717) is 43.1 Å². The predicted molar refractivity (Wildman–Crippen MR) is 135 cm³/mol. The van der Waals surface area contributed by atoms with Crippen LogP contribution in [-0.2, 0) is 6.18 Å². The summed E-state index contributed by atoms with van der Waals surface area (Å²) in [5.74, 6) is -0.0960. The lowest BCUT2D eigenvalue weighted by Crippen LogP contribution is -2.48. The summed E-state index contributed by atoms with van der Waals surface area (Å²) in [5, 5.41) is 4.52. The van der Waals surface area contributed by atoms with E-state index in [0.717, 1.165) is 17.8 Å². The first kappa shape index (κ1) is 25.2. The van der Waals surface area contributed by atoms with Crippen molar-refractivity contribution in [2.45, 2.75) is 6.18 Å². The molecular weight excluding hydrogens is 495 g/mol. The minimum absolute atomic E-state index is 0.0366. The number of nitrogen functional groups attached to an aromatic ring is 1. The molecule has 0 aliphatic carbocycles. The topological polar surface area (TPSA) is 90.7 Å². The highest BCUT2D eigenvalue weighted by Crippen LogP contribution is 2.36. The van der Waals surface area contributed by atoms with Crippen molar-refractivity contribution in [1.82, 2.24) is 4.90 Å². The van der Waals surface area contributed by atoms with Crippen LogP contribution < -0.4 is 21.3 Å². The molecule has 36 heavy (non-hydrogen) atoms. The fraction of sp³-hybridized carbons (Fsp3) is 0.200. The normalized spacial score (nSPS) is 13.9. The van der Waals surface area contributed by atoms with E-state index in [-0.39, 0.29) is 11.6 Å². The van der Waals surface area contributed by atoms with Gasteiger partial charge in [0.15, 0.2) is 0 Å². The van der Waals surface area contributed by atoms with Crippen LogP contribution in [0.1, 0.15) is 15.9 Å². The Morgan fingerprint density at radius 2 is 1.47 bits per heavy atom. The van der Waals surface area contributed by atoms with Gasteiger partial charge in [0.05, 0.1) is 16.1 Å². The molecule has 1 heterocycles. The zero-order valence-corrected chi connectivity index (χ0v) is 19.7. The number of para-hydroxylation sites is 1. The van der Waals surface area contributed by atoms with Gasteiger partial charge in [-0.15, -0.1) is 0 Å². The molecule has 3 amide bonds. The second-order valence-electron chi connectivity index (χ2n) is 8.18. The average molecular weight is 518 g/mol. The third kappa shape index (κ3) is 5.83. The molecule has 1 aliphatic rings. The first-order valence-corrected chi connectivity index (χ1v) is 11.4. The Balaban J connectivity index is 1.32. The minimum atomic E-state index is -4.63. The molecule has 0 bridgehead atoms. The van der Waals surface area contributed by atoms with Crippen LogP contribution in [0.5, 0.6) is 0 Å². The van der Waals surface area contributed by atoms with Gasteiger partial charge in [-0.2, -0.15) is 13.2 Å². The fourth-order valence-electron chi connectivity index (χ4n) is 3.90. The Morgan fingerprint density at radius 1 is 0.861 bits per heavy atom. The number of carbonyl (C=O) groups excluding carboxylic acids is 2. The van der Waals surface area contributed by atoms with Crippen molar-refractivity contribution in [3.63, 3.8) is 0 Å². The zero-order chi connectivity index (χ0) is 25.9. The van der Waals surface area contributed by atoms with E-state index in [1.165, 1.54) is 6.07 Å². The lowest BCUT2D eigenvalue weighted by atomic mass is 10.1. The molecule has 0 unspecified atom stereocenters. The lowest BCUT2D eigenvalue weighted by molar-refractivity contribution is -0.137. The SMILES string of the molecule is Nc1ccccc1C(=O)N1CCN(c2ccc(NC(=O)Nc3ccc(Cl)c(C(F)(F)F)c3)cc2)CC1. The Kier molecular flexibility index (Phi) is 7.25. The minimum Gasteiger partial charge on any atom is -0.398 e. The molecule has 0 radical (unpaired) electrons. The Hall–Kier alpha value is -3.92. The summed E-state index contributed by atoms with van der Waals surface area (Å²) in [7, 11) is 0. The number of amides is 3. The second-order valence-corrected chi connectivity index (χ2v) is 8.59. The van der Waals surface area contributed by atoms with E-state index in [4.69, 9.17) is 17.3 Å². The van der Waals surface area contributed by atoms with E-state index < -0.39 is 22.8 Å². The largest absolute Gasteiger partial charge is 0.417 e. The highest BCUT2D eigenvalue weighted by Gasteiger charge is 2.33. The molecule has 1 fully saturated rings. The molecule has 0 saturated carbocycles. The van der Waals surface area contributed by atoms with Gasteiger partial charge in [0.1, 0.15) is 0 Å². The number of nitrogens with one attached hydrogen (secondary N) is 2. The molecule has 3 aromatic rings. The van der Waals surface area contributed by atoms with Gasteiger partial charge in [0, 0.05) is 48.9 Å². The molecular formula is C25H23ClF3N5O2. The van der Waals surface area contributed by atoms with Gasteiger partial charge in [-0.05, 0) is 54.6 Å². The van der Waals surface area contributed by atoms with Crippen molar-refractivity contribution in [1.29, 1.82) is 0 Å². The predicted octanol–water partition coefficient (Wildman–Crippen LogP) is 5.55. The van der Waals surface area contributed by atoms with E-state index in [1.54, 1.807) is 41.3 Å². The standard InChI is InChI=1S/C25H23ClF3N5O2/c26-21-10-7-17(15-20(21)25(27,28)29)32-24(36)31-16-5-8-18(9-6-16)33-11-13-34(14-12-33)23(35)19-3-1-2-4-22(19)30/h1-10,15H,11-14,30H2,(H2,31,32,36). The van der Waals surface area contributed by atoms with Gasteiger partial charge in [-0.3, -0.25) is 4.79 Å². The van der Waals surface area contributed by atoms with Gasteiger partial charge >= 0.3 is 12.2 Å². The Bertz CT molecular complexity index is 1260. The summed E-state index contributed by atoms with van der Waals surface area (Å²) in [4.78, 5) is 28.9. The molecule has 11 heteroatoms. The molecule has 0 aromatic heterocycles. The van der Waals surface area contributed by atoms with Crippen LogP contribution in [0.4, 0.5) is 40.7 Å². The van der Waals surface area contributed by atoms with E-state index in [9.17, 15) is 22.8 Å². The first-order valence-electron chi connectivity index (χ1n) is 11.1. The number of rotatable bonds is 4. The number of nitrogens with zero attached hydrogens (tertiary/aromatic N) is 2. The van der Waals surface area contributed by atoms with Crippen molar-refractivity contribution in [3.05, 3.63) is 82.9 Å². The Labute approximate surface area is 210 Å². The van der Waals surface area contributed by atoms with Crippen molar-refractivity contribution >= 4 is 46.3 Å².